The summed E-state index contributed by atoms with van der Waals surface area (Å²) >= 11 is 0. The quantitative estimate of drug-likeness (QED) is 0.900. The average molecular weight is 264 g/mol. The molecular formula is C14H17FN2O2. The Balaban J connectivity index is 1.95. The minimum Gasteiger partial charge on any atom is -0.352 e. The fourth-order valence-corrected chi connectivity index (χ4v) is 2.17. The molecule has 1 N–H and O–H groups in total. The second-order valence-corrected chi connectivity index (χ2v) is 4.66. The summed E-state index contributed by atoms with van der Waals surface area (Å²) in [7, 11) is 0. The summed E-state index contributed by atoms with van der Waals surface area (Å²) in [6, 6.07) is 5.54. The highest BCUT2D eigenvalue weighted by Gasteiger charge is 2.27. The van der Waals surface area contributed by atoms with Crippen LogP contribution in [0.1, 0.15) is 30.1 Å². The normalized spacial score (nSPS) is 18.4. The Morgan fingerprint density at radius 2 is 2.05 bits per heavy atom. The van der Waals surface area contributed by atoms with Gasteiger partial charge in [0, 0.05) is 31.1 Å². The van der Waals surface area contributed by atoms with Gasteiger partial charge in [0.05, 0.1) is 0 Å². The lowest BCUT2D eigenvalue weighted by molar-refractivity contribution is -0.121. The molecule has 0 spiro atoms. The van der Waals surface area contributed by atoms with E-state index in [1.807, 2.05) is 0 Å². The Morgan fingerprint density at radius 3 is 2.68 bits per heavy atom. The van der Waals surface area contributed by atoms with Crippen LogP contribution < -0.4 is 5.32 Å². The van der Waals surface area contributed by atoms with Crippen LogP contribution in [0.15, 0.2) is 24.3 Å². The molecule has 1 fully saturated rings. The first-order chi connectivity index (χ1) is 9.10. The van der Waals surface area contributed by atoms with Crippen LogP contribution in [0.25, 0.3) is 0 Å². The zero-order valence-electron chi connectivity index (χ0n) is 10.9. The number of carbonyl (C=O) groups is 2. The van der Waals surface area contributed by atoms with Gasteiger partial charge in [-0.25, -0.2) is 4.39 Å². The van der Waals surface area contributed by atoms with E-state index in [4.69, 9.17) is 0 Å². The molecule has 5 heteroatoms. The molecule has 0 aromatic heterocycles. The standard InChI is InChI=1S/C14H17FN2O2/c1-2-13(18)16-12-7-8-17(9-12)14(19)10-3-5-11(15)6-4-10/h3-6,12H,2,7-9H2,1H3,(H,16,18)/t12-/m0/s1. The molecular weight excluding hydrogens is 247 g/mol. The maximum atomic E-state index is 12.8. The first-order valence-electron chi connectivity index (χ1n) is 6.44. The molecule has 1 heterocycles. The highest BCUT2D eigenvalue weighted by atomic mass is 19.1. The summed E-state index contributed by atoms with van der Waals surface area (Å²) in [4.78, 5) is 25.1. The van der Waals surface area contributed by atoms with Crippen molar-refractivity contribution in [2.75, 3.05) is 13.1 Å². The van der Waals surface area contributed by atoms with Crippen molar-refractivity contribution in [2.24, 2.45) is 0 Å². The van der Waals surface area contributed by atoms with E-state index < -0.39 is 0 Å². The van der Waals surface area contributed by atoms with Gasteiger partial charge in [-0.15, -0.1) is 0 Å². The van der Waals surface area contributed by atoms with Crippen molar-refractivity contribution in [3.8, 4) is 0 Å². The second kappa shape index (κ2) is 5.82. The monoisotopic (exact) mass is 264 g/mol. The van der Waals surface area contributed by atoms with Crippen LogP contribution in [0, 0.1) is 5.82 Å². The van der Waals surface area contributed by atoms with Gasteiger partial charge in [-0.3, -0.25) is 9.59 Å². The van der Waals surface area contributed by atoms with Crippen LogP contribution in [-0.4, -0.2) is 35.8 Å². The predicted octanol–water partition coefficient (Wildman–Crippen LogP) is 1.57. The number of hydrogen-bond donors (Lipinski definition) is 1. The van der Waals surface area contributed by atoms with E-state index in [0.29, 0.717) is 25.1 Å². The van der Waals surface area contributed by atoms with E-state index in [0.717, 1.165) is 6.42 Å². The third kappa shape index (κ3) is 3.30. The SMILES string of the molecule is CCC(=O)N[C@H]1CCN(C(=O)c2ccc(F)cc2)C1. The van der Waals surface area contributed by atoms with E-state index in [-0.39, 0.29) is 23.7 Å². The third-order valence-electron chi connectivity index (χ3n) is 3.25. The van der Waals surface area contributed by atoms with Gasteiger partial charge >= 0.3 is 0 Å². The van der Waals surface area contributed by atoms with Crippen LogP contribution in [0.4, 0.5) is 4.39 Å². The van der Waals surface area contributed by atoms with Gasteiger partial charge in [0.15, 0.2) is 0 Å². The van der Waals surface area contributed by atoms with Crippen molar-refractivity contribution in [3.63, 3.8) is 0 Å². The van der Waals surface area contributed by atoms with Gasteiger partial charge < -0.3 is 10.2 Å². The van der Waals surface area contributed by atoms with Crippen LogP contribution >= 0.6 is 0 Å². The molecule has 102 valence electrons. The first kappa shape index (κ1) is 13.5. The van der Waals surface area contributed by atoms with Gasteiger partial charge in [0.25, 0.3) is 5.91 Å². The van der Waals surface area contributed by atoms with E-state index >= 15 is 0 Å². The molecule has 1 aliphatic heterocycles. The number of hydrogen-bond acceptors (Lipinski definition) is 2. The maximum absolute atomic E-state index is 12.8. The number of carbonyl (C=O) groups excluding carboxylic acids is 2. The van der Waals surface area contributed by atoms with Gasteiger partial charge in [-0.1, -0.05) is 6.92 Å². The fourth-order valence-electron chi connectivity index (χ4n) is 2.17. The molecule has 1 aromatic carbocycles. The maximum Gasteiger partial charge on any atom is 0.253 e. The predicted molar refractivity (Wildman–Crippen MR) is 69.1 cm³/mol. The molecule has 1 aliphatic rings. The van der Waals surface area contributed by atoms with Crippen molar-refractivity contribution in [3.05, 3.63) is 35.6 Å². The minimum atomic E-state index is -0.356. The van der Waals surface area contributed by atoms with Crippen molar-refractivity contribution in [2.45, 2.75) is 25.8 Å². The Morgan fingerprint density at radius 1 is 1.37 bits per heavy atom. The Hall–Kier alpha value is -1.91. The lowest BCUT2D eigenvalue weighted by atomic mass is 10.2. The van der Waals surface area contributed by atoms with Crippen molar-refractivity contribution >= 4 is 11.8 Å². The Labute approximate surface area is 111 Å². The number of nitrogens with one attached hydrogen (secondary N) is 1. The molecule has 0 aliphatic carbocycles. The van der Waals surface area contributed by atoms with Crippen LogP contribution in [0.5, 0.6) is 0 Å². The molecule has 4 nitrogen and oxygen atoms in total. The molecule has 2 rings (SSSR count). The summed E-state index contributed by atoms with van der Waals surface area (Å²) in [6.45, 7) is 2.93. The van der Waals surface area contributed by atoms with Crippen LogP contribution in [0.3, 0.4) is 0 Å². The number of nitrogens with zero attached hydrogens (tertiary/aromatic N) is 1. The molecule has 0 saturated carbocycles. The molecule has 0 unspecified atom stereocenters. The van der Waals surface area contributed by atoms with E-state index in [9.17, 15) is 14.0 Å². The third-order valence-corrected chi connectivity index (χ3v) is 3.25. The molecule has 0 bridgehead atoms. The van der Waals surface area contributed by atoms with Crippen LogP contribution in [-0.2, 0) is 4.79 Å². The summed E-state index contributed by atoms with van der Waals surface area (Å²) in [6.07, 6.45) is 1.21. The van der Waals surface area contributed by atoms with Gasteiger partial charge in [0.2, 0.25) is 5.91 Å². The van der Waals surface area contributed by atoms with Crippen molar-refractivity contribution in [1.29, 1.82) is 0 Å². The number of benzene rings is 1. The molecule has 2 amide bonds. The molecule has 0 radical (unpaired) electrons. The Kier molecular flexibility index (Phi) is 4.14. The van der Waals surface area contributed by atoms with E-state index in [2.05, 4.69) is 5.32 Å². The highest BCUT2D eigenvalue weighted by Crippen LogP contribution is 2.14. The summed E-state index contributed by atoms with van der Waals surface area (Å²) in [5.41, 5.74) is 0.476. The molecule has 19 heavy (non-hydrogen) atoms. The molecule has 1 saturated heterocycles. The van der Waals surface area contributed by atoms with Gasteiger partial charge in [-0.05, 0) is 30.7 Å². The highest BCUT2D eigenvalue weighted by molar-refractivity contribution is 5.94. The Bertz CT molecular complexity index is 473. The lowest BCUT2D eigenvalue weighted by Crippen LogP contribution is -2.38. The van der Waals surface area contributed by atoms with E-state index in [1.54, 1.807) is 11.8 Å². The van der Waals surface area contributed by atoms with Gasteiger partial charge in [0.1, 0.15) is 5.82 Å². The first-order valence-corrected chi connectivity index (χ1v) is 6.44. The zero-order chi connectivity index (χ0) is 13.8. The van der Waals surface area contributed by atoms with Crippen molar-refractivity contribution in [1.82, 2.24) is 10.2 Å². The number of likely N-dealkylation sites (tertiary alicyclic amines) is 1. The number of halogens is 1. The lowest BCUT2D eigenvalue weighted by Gasteiger charge is -2.17. The van der Waals surface area contributed by atoms with Crippen LogP contribution in [0.2, 0.25) is 0 Å². The smallest absolute Gasteiger partial charge is 0.253 e. The summed E-state index contributed by atoms with van der Waals surface area (Å²) in [5, 5.41) is 2.88. The topological polar surface area (TPSA) is 49.4 Å². The largest absolute Gasteiger partial charge is 0.352 e. The zero-order valence-corrected chi connectivity index (χ0v) is 10.9. The van der Waals surface area contributed by atoms with Crippen molar-refractivity contribution < 1.29 is 14.0 Å². The molecule has 1 atom stereocenters. The fraction of sp³-hybridized carbons (Fsp3) is 0.429. The van der Waals surface area contributed by atoms with E-state index in [1.165, 1.54) is 24.3 Å². The number of amides is 2. The second-order valence-electron chi connectivity index (χ2n) is 4.66. The summed E-state index contributed by atoms with van der Waals surface area (Å²) in [5.74, 6) is -0.472. The average Bonchev–Trinajstić information content (AvgIpc) is 2.87. The van der Waals surface area contributed by atoms with Gasteiger partial charge in [-0.2, -0.15) is 0 Å². The number of rotatable bonds is 3. The summed E-state index contributed by atoms with van der Waals surface area (Å²) < 4.78 is 12.8. The minimum absolute atomic E-state index is 0.00100. The molecule has 1 aromatic rings.